The number of nitrogens with zero attached hydrogens (tertiary/aromatic N) is 2. The molecule has 2 N–H and O–H groups in total. The van der Waals surface area contributed by atoms with E-state index in [4.69, 9.17) is 4.74 Å². The van der Waals surface area contributed by atoms with Gasteiger partial charge in [0.1, 0.15) is 5.75 Å². The van der Waals surface area contributed by atoms with Crippen LogP contribution in [0.1, 0.15) is 28.8 Å². The van der Waals surface area contributed by atoms with Crippen molar-refractivity contribution in [3.8, 4) is 5.75 Å². The van der Waals surface area contributed by atoms with Crippen LogP contribution >= 0.6 is 0 Å². The van der Waals surface area contributed by atoms with Crippen LogP contribution in [0.3, 0.4) is 0 Å². The fourth-order valence-electron chi connectivity index (χ4n) is 3.89. The number of carbonyl (C=O) groups excluding carboxylic acids is 2. The molecule has 2 aromatic carbocycles. The van der Waals surface area contributed by atoms with E-state index in [0.29, 0.717) is 23.8 Å². The van der Waals surface area contributed by atoms with Crippen molar-refractivity contribution >= 4 is 17.5 Å². The van der Waals surface area contributed by atoms with Crippen molar-refractivity contribution in [1.82, 2.24) is 15.1 Å². The van der Waals surface area contributed by atoms with E-state index >= 15 is 0 Å². The minimum atomic E-state index is -0.0747. The molecule has 0 radical (unpaired) electrons. The maximum atomic E-state index is 12.5. The lowest BCUT2D eigenvalue weighted by atomic mass is 10.1. The fraction of sp³-hybridized carbons (Fsp3) is 0.440. The summed E-state index contributed by atoms with van der Waals surface area (Å²) in [4.78, 5) is 29.4. The quantitative estimate of drug-likeness (QED) is 0.632. The molecule has 7 nitrogen and oxygen atoms in total. The van der Waals surface area contributed by atoms with Gasteiger partial charge in [0.15, 0.2) is 0 Å². The molecule has 0 unspecified atom stereocenters. The van der Waals surface area contributed by atoms with Crippen LogP contribution in [0.25, 0.3) is 0 Å². The van der Waals surface area contributed by atoms with E-state index in [1.165, 1.54) is 5.56 Å². The smallest absolute Gasteiger partial charge is 0.251 e. The normalized spacial score (nSPS) is 17.0. The maximum absolute atomic E-state index is 12.5. The van der Waals surface area contributed by atoms with E-state index in [-0.39, 0.29) is 11.8 Å². The Labute approximate surface area is 189 Å². The first kappa shape index (κ1) is 22.3. The third-order valence-corrected chi connectivity index (χ3v) is 6.03. The summed E-state index contributed by atoms with van der Waals surface area (Å²) >= 11 is 0. The predicted molar refractivity (Wildman–Crippen MR) is 125 cm³/mol. The Morgan fingerprint density at radius 2 is 1.72 bits per heavy atom. The molecule has 2 aromatic rings. The van der Waals surface area contributed by atoms with E-state index in [0.717, 1.165) is 57.7 Å². The molecule has 0 atom stereocenters. The number of hydrogen-bond acceptors (Lipinski definition) is 5. The van der Waals surface area contributed by atoms with Gasteiger partial charge in [0, 0.05) is 50.0 Å². The first-order valence-electron chi connectivity index (χ1n) is 11.4. The number of rotatable bonds is 9. The maximum Gasteiger partial charge on any atom is 0.251 e. The van der Waals surface area contributed by atoms with Crippen molar-refractivity contribution in [2.24, 2.45) is 0 Å². The van der Waals surface area contributed by atoms with Crippen LogP contribution < -0.4 is 15.4 Å². The minimum absolute atomic E-state index is 0.0450. The molecule has 7 heteroatoms. The summed E-state index contributed by atoms with van der Waals surface area (Å²) in [5.41, 5.74) is 2.55. The van der Waals surface area contributed by atoms with Crippen molar-refractivity contribution < 1.29 is 14.3 Å². The number of piperazine rings is 1. The molecule has 1 aliphatic carbocycles. The van der Waals surface area contributed by atoms with Gasteiger partial charge in [-0.2, -0.15) is 0 Å². The average Bonchev–Trinajstić information content (AvgIpc) is 3.63. The Hall–Kier alpha value is -2.90. The molecule has 0 aromatic heterocycles. The predicted octanol–water partition coefficient (Wildman–Crippen LogP) is 2.39. The van der Waals surface area contributed by atoms with Crippen LogP contribution in [0.4, 0.5) is 5.69 Å². The van der Waals surface area contributed by atoms with Crippen molar-refractivity contribution in [3.05, 3.63) is 59.7 Å². The van der Waals surface area contributed by atoms with Crippen LogP contribution in [0, 0.1) is 0 Å². The molecule has 1 aliphatic heterocycles. The van der Waals surface area contributed by atoms with Crippen molar-refractivity contribution in [1.29, 1.82) is 0 Å². The second-order valence-electron chi connectivity index (χ2n) is 8.59. The Bertz CT molecular complexity index is 919. The first-order valence-corrected chi connectivity index (χ1v) is 11.4. The summed E-state index contributed by atoms with van der Waals surface area (Å²) in [6.45, 7) is 5.05. The average molecular weight is 437 g/mol. The van der Waals surface area contributed by atoms with Gasteiger partial charge in [-0.15, -0.1) is 0 Å². The van der Waals surface area contributed by atoms with Gasteiger partial charge in [-0.1, -0.05) is 18.2 Å². The molecule has 1 saturated heterocycles. The van der Waals surface area contributed by atoms with Gasteiger partial charge in [-0.3, -0.25) is 14.5 Å². The van der Waals surface area contributed by atoms with Crippen LogP contribution in [0.2, 0.25) is 0 Å². The molecular weight excluding hydrogens is 404 g/mol. The van der Waals surface area contributed by atoms with Crippen LogP contribution in [-0.2, 0) is 11.2 Å². The third-order valence-electron chi connectivity index (χ3n) is 6.03. The number of benzene rings is 2. The largest absolute Gasteiger partial charge is 0.497 e. The lowest BCUT2D eigenvalue weighted by Crippen LogP contribution is -2.49. The standard InChI is InChI=1S/C25H32N4O3/c1-32-23-9-5-19(6-10-23)11-12-28-13-15-29(16-14-28)18-24(30)26-22-4-2-3-20(17-22)25(31)27-21-7-8-21/h2-6,9-10,17,21H,7-8,11-16,18H2,1H3,(H,26,30)(H,27,31). The molecule has 2 aliphatic rings. The Balaban J connectivity index is 1.18. The summed E-state index contributed by atoms with van der Waals surface area (Å²) in [7, 11) is 1.68. The van der Waals surface area contributed by atoms with Gasteiger partial charge in [-0.25, -0.2) is 0 Å². The third kappa shape index (κ3) is 6.55. The number of amides is 2. The summed E-state index contributed by atoms with van der Waals surface area (Å²) in [5.74, 6) is 0.764. The first-order chi connectivity index (χ1) is 15.6. The SMILES string of the molecule is COc1ccc(CCN2CCN(CC(=O)Nc3cccc(C(=O)NC4CC4)c3)CC2)cc1. The van der Waals surface area contributed by atoms with E-state index in [9.17, 15) is 9.59 Å². The Morgan fingerprint density at radius 1 is 1.00 bits per heavy atom. The molecule has 0 bridgehead atoms. The topological polar surface area (TPSA) is 73.9 Å². The fourth-order valence-corrected chi connectivity index (χ4v) is 3.89. The van der Waals surface area contributed by atoms with Crippen molar-refractivity contribution in [2.75, 3.05) is 51.7 Å². The zero-order valence-electron chi connectivity index (χ0n) is 18.7. The number of ether oxygens (including phenoxy) is 1. The Morgan fingerprint density at radius 3 is 2.41 bits per heavy atom. The molecule has 0 spiro atoms. The van der Waals surface area contributed by atoms with Crippen molar-refractivity contribution in [3.63, 3.8) is 0 Å². The highest BCUT2D eigenvalue weighted by Crippen LogP contribution is 2.20. The number of nitrogens with one attached hydrogen (secondary N) is 2. The van der Waals surface area contributed by atoms with E-state index in [1.807, 2.05) is 18.2 Å². The lowest BCUT2D eigenvalue weighted by Gasteiger charge is -2.34. The van der Waals surface area contributed by atoms with Gasteiger partial charge >= 0.3 is 0 Å². The molecule has 2 fully saturated rings. The highest BCUT2D eigenvalue weighted by atomic mass is 16.5. The Kier molecular flexibility index (Phi) is 7.39. The van der Waals surface area contributed by atoms with Crippen molar-refractivity contribution in [2.45, 2.75) is 25.3 Å². The highest BCUT2D eigenvalue weighted by Gasteiger charge is 2.24. The summed E-state index contributed by atoms with van der Waals surface area (Å²) < 4.78 is 5.21. The van der Waals surface area contributed by atoms with Gasteiger partial charge in [-0.05, 0) is 55.2 Å². The minimum Gasteiger partial charge on any atom is -0.497 e. The van der Waals surface area contributed by atoms with E-state index in [2.05, 4.69) is 32.6 Å². The monoisotopic (exact) mass is 436 g/mol. The zero-order chi connectivity index (χ0) is 22.3. The van der Waals surface area contributed by atoms with Crippen LogP contribution in [0.15, 0.2) is 48.5 Å². The van der Waals surface area contributed by atoms with E-state index < -0.39 is 0 Å². The zero-order valence-corrected chi connectivity index (χ0v) is 18.7. The molecule has 170 valence electrons. The molecule has 32 heavy (non-hydrogen) atoms. The van der Waals surface area contributed by atoms with Crippen LogP contribution in [-0.4, -0.2) is 74.0 Å². The molecule has 1 heterocycles. The lowest BCUT2D eigenvalue weighted by molar-refractivity contribution is -0.117. The van der Waals surface area contributed by atoms with Gasteiger partial charge < -0.3 is 20.3 Å². The van der Waals surface area contributed by atoms with Gasteiger partial charge in [0.2, 0.25) is 5.91 Å². The second kappa shape index (κ2) is 10.6. The molecule has 1 saturated carbocycles. The molecule has 4 rings (SSSR count). The summed E-state index contributed by atoms with van der Waals surface area (Å²) in [6.07, 6.45) is 3.11. The number of methoxy groups -OCH3 is 1. The number of carbonyl (C=O) groups is 2. The summed E-state index contributed by atoms with van der Waals surface area (Å²) in [5, 5.41) is 5.91. The van der Waals surface area contributed by atoms with Gasteiger partial charge in [0.25, 0.3) is 5.91 Å². The van der Waals surface area contributed by atoms with E-state index in [1.54, 1.807) is 25.3 Å². The number of anilines is 1. The number of hydrogen-bond donors (Lipinski definition) is 2. The van der Waals surface area contributed by atoms with Crippen LogP contribution in [0.5, 0.6) is 5.75 Å². The summed E-state index contributed by atoms with van der Waals surface area (Å²) in [6, 6.07) is 15.7. The molecule has 2 amide bonds. The molecular formula is C25H32N4O3. The van der Waals surface area contributed by atoms with Gasteiger partial charge in [0.05, 0.1) is 13.7 Å². The second-order valence-corrected chi connectivity index (χ2v) is 8.59. The highest BCUT2D eigenvalue weighted by molar-refractivity contribution is 5.97.